The van der Waals surface area contributed by atoms with E-state index in [1.54, 1.807) is 18.2 Å². The van der Waals surface area contributed by atoms with Crippen LogP contribution in [0.15, 0.2) is 60.2 Å². The van der Waals surface area contributed by atoms with Crippen LogP contribution >= 0.6 is 0 Å². The van der Waals surface area contributed by atoms with E-state index < -0.39 is 17.7 Å². The van der Waals surface area contributed by atoms with Gasteiger partial charge in [0.2, 0.25) is 0 Å². The number of rotatable bonds is 5. The Morgan fingerprint density at radius 3 is 2.48 bits per heavy atom. The van der Waals surface area contributed by atoms with Gasteiger partial charge in [0.05, 0.1) is 12.7 Å². The molecule has 2 aromatic carbocycles. The van der Waals surface area contributed by atoms with Crippen molar-refractivity contribution in [2.45, 2.75) is 13.8 Å². The molecule has 0 aliphatic heterocycles. The minimum absolute atomic E-state index is 0.0899. The van der Waals surface area contributed by atoms with Crippen molar-refractivity contribution in [3.8, 4) is 11.8 Å². The number of hydrogen-bond donors (Lipinski definition) is 1. The van der Waals surface area contributed by atoms with Gasteiger partial charge in [0.1, 0.15) is 17.5 Å². The lowest BCUT2D eigenvalue weighted by molar-refractivity contribution is -0.112. The number of carbonyl (C=O) groups is 2. The molecule has 1 aromatic heterocycles. The molecule has 156 valence electrons. The zero-order valence-corrected chi connectivity index (χ0v) is 17.3. The summed E-state index contributed by atoms with van der Waals surface area (Å²) >= 11 is 0. The number of ether oxygens (including phenoxy) is 1. The van der Waals surface area contributed by atoms with Crippen LogP contribution < -0.4 is 5.32 Å². The number of aromatic nitrogens is 1. The summed E-state index contributed by atoms with van der Waals surface area (Å²) in [6.45, 7) is 3.75. The highest BCUT2D eigenvalue weighted by Gasteiger charge is 2.15. The van der Waals surface area contributed by atoms with Crippen LogP contribution in [0.4, 0.5) is 10.1 Å². The summed E-state index contributed by atoms with van der Waals surface area (Å²) in [5.74, 6) is -1.45. The quantitative estimate of drug-likeness (QED) is 0.375. The van der Waals surface area contributed by atoms with Crippen LogP contribution in [0.5, 0.6) is 0 Å². The van der Waals surface area contributed by atoms with Crippen molar-refractivity contribution in [2.24, 2.45) is 0 Å². The third kappa shape index (κ3) is 4.70. The van der Waals surface area contributed by atoms with Crippen LogP contribution in [0.3, 0.4) is 0 Å². The molecule has 0 spiro atoms. The molecule has 0 unspecified atom stereocenters. The summed E-state index contributed by atoms with van der Waals surface area (Å²) in [5, 5.41) is 12.1. The van der Waals surface area contributed by atoms with Crippen LogP contribution in [0, 0.1) is 31.0 Å². The number of esters is 1. The van der Waals surface area contributed by atoms with E-state index in [0.29, 0.717) is 16.8 Å². The Morgan fingerprint density at radius 2 is 1.84 bits per heavy atom. The lowest BCUT2D eigenvalue weighted by Gasteiger charge is -2.11. The van der Waals surface area contributed by atoms with Crippen molar-refractivity contribution < 1.29 is 18.7 Å². The largest absolute Gasteiger partial charge is 0.465 e. The fraction of sp³-hybridized carbons (Fsp3) is 0.125. The molecular weight excluding hydrogens is 397 g/mol. The summed E-state index contributed by atoms with van der Waals surface area (Å²) in [4.78, 5) is 24.4. The van der Waals surface area contributed by atoms with Crippen LogP contribution in [0.25, 0.3) is 11.8 Å². The van der Waals surface area contributed by atoms with Crippen molar-refractivity contribution in [3.63, 3.8) is 0 Å². The van der Waals surface area contributed by atoms with E-state index in [1.165, 1.54) is 37.5 Å². The van der Waals surface area contributed by atoms with Gasteiger partial charge in [-0.1, -0.05) is 6.07 Å². The molecule has 0 bridgehead atoms. The zero-order valence-electron chi connectivity index (χ0n) is 17.3. The number of amides is 1. The Bertz CT molecular complexity index is 1220. The summed E-state index contributed by atoms with van der Waals surface area (Å²) in [7, 11) is 1.32. The van der Waals surface area contributed by atoms with E-state index >= 15 is 0 Å². The third-order valence-electron chi connectivity index (χ3n) is 4.76. The van der Waals surface area contributed by atoms with Gasteiger partial charge in [0, 0.05) is 22.8 Å². The molecule has 7 heteroatoms. The number of anilines is 1. The normalized spacial score (nSPS) is 11.0. The average Bonchev–Trinajstić information content (AvgIpc) is 3.05. The van der Waals surface area contributed by atoms with Crippen LogP contribution in [-0.2, 0) is 9.53 Å². The number of benzene rings is 2. The van der Waals surface area contributed by atoms with Crippen LogP contribution in [0.1, 0.15) is 27.3 Å². The number of nitrogens with zero attached hydrogens (tertiary/aromatic N) is 2. The second kappa shape index (κ2) is 9.09. The SMILES string of the molecule is COC(=O)c1cccc(-n2c(C)cc(/C=C(\C#N)C(=O)Nc3ccc(F)cc3)c2C)c1. The fourth-order valence-electron chi connectivity index (χ4n) is 3.26. The predicted octanol–water partition coefficient (Wildman–Crippen LogP) is 4.57. The first-order valence-electron chi connectivity index (χ1n) is 9.40. The highest BCUT2D eigenvalue weighted by molar-refractivity contribution is 6.09. The van der Waals surface area contributed by atoms with Gasteiger partial charge >= 0.3 is 5.97 Å². The molecule has 3 aromatic rings. The van der Waals surface area contributed by atoms with Crippen molar-refractivity contribution in [3.05, 3.63) is 88.5 Å². The topological polar surface area (TPSA) is 84.1 Å². The Morgan fingerprint density at radius 1 is 1.13 bits per heavy atom. The lowest BCUT2D eigenvalue weighted by Crippen LogP contribution is -2.13. The molecule has 0 saturated heterocycles. The van der Waals surface area contributed by atoms with Gasteiger partial charge in [0.25, 0.3) is 5.91 Å². The summed E-state index contributed by atoms with van der Waals surface area (Å²) in [6, 6.07) is 16.0. The fourth-order valence-corrected chi connectivity index (χ4v) is 3.26. The highest BCUT2D eigenvalue weighted by atomic mass is 19.1. The molecule has 3 rings (SSSR count). The van der Waals surface area contributed by atoms with Crippen LogP contribution in [0.2, 0.25) is 0 Å². The number of methoxy groups -OCH3 is 1. The first kappa shape index (κ1) is 21.5. The molecule has 0 saturated carbocycles. The van der Waals surface area contributed by atoms with E-state index in [-0.39, 0.29) is 5.57 Å². The van der Waals surface area contributed by atoms with Crippen LogP contribution in [-0.4, -0.2) is 23.6 Å². The van der Waals surface area contributed by atoms with E-state index in [4.69, 9.17) is 4.74 Å². The molecule has 0 aliphatic carbocycles. The van der Waals surface area contributed by atoms with E-state index in [0.717, 1.165) is 17.1 Å². The number of aryl methyl sites for hydroxylation is 1. The molecule has 1 amide bonds. The molecule has 0 atom stereocenters. The van der Waals surface area contributed by atoms with Crippen molar-refractivity contribution in [1.29, 1.82) is 5.26 Å². The number of carbonyl (C=O) groups excluding carboxylic acids is 2. The lowest BCUT2D eigenvalue weighted by atomic mass is 10.1. The Kier molecular flexibility index (Phi) is 6.32. The minimum atomic E-state index is -0.591. The highest BCUT2D eigenvalue weighted by Crippen LogP contribution is 2.24. The van der Waals surface area contributed by atoms with Crippen molar-refractivity contribution in [2.75, 3.05) is 12.4 Å². The molecular formula is C24H20FN3O3. The van der Waals surface area contributed by atoms with Gasteiger partial charge in [0.15, 0.2) is 0 Å². The number of nitrogens with one attached hydrogen (secondary N) is 1. The minimum Gasteiger partial charge on any atom is -0.465 e. The predicted molar refractivity (Wildman–Crippen MR) is 115 cm³/mol. The maximum atomic E-state index is 13.0. The smallest absolute Gasteiger partial charge is 0.337 e. The summed E-state index contributed by atoms with van der Waals surface area (Å²) in [5.41, 5.74) is 3.81. The molecule has 1 N–H and O–H groups in total. The van der Waals surface area contributed by atoms with Gasteiger partial charge in [-0.15, -0.1) is 0 Å². The second-order valence-corrected chi connectivity index (χ2v) is 6.83. The summed E-state index contributed by atoms with van der Waals surface area (Å²) < 4.78 is 19.8. The Hall–Kier alpha value is -4.18. The number of nitriles is 1. The van der Waals surface area contributed by atoms with Gasteiger partial charge in [-0.2, -0.15) is 5.26 Å². The Balaban J connectivity index is 1.94. The molecule has 0 aliphatic rings. The van der Waals surface area contributed by atoms with Crippen molar-refractivity contribution >= 4 is 23.6 Å². The molecule has 31 heavy (non-hydrogen) atoms. The number of halogens is 1. The van der Waals surface area contributed by atoms with E-state index in [2.05, 4.69) is 5.32 Å². The van der Waals surface area contributed by atoms with Gasteiger partial charge in [-0.05, 0) is 74.0 Å². The van der Waals surface area contributed by atoms with E-state index in [9.17, 15) is 19.2 Å². The standard InChI is InChI=1S/C24H20FN3O3/c1-15-11-18(12-19(14-26)23(29)27-21-9-7-20(25)8-10-21)16(2)28(15)22-6-4-5-17(13-22)24(30)31-3/h4-13H,1-3H3,(H,27,29)/b19-12+. The number of hydrogen-bond acceptors (Lipinski definition) is 4. The zero-order chi connectivity index (χ0) is 22.5. The first-order valence-corrected chi connectivity index (χ1v) is 9.40. The molecule has 0 fully saturated rings. The molecule has 6 nitrogen and oxygen atoms in total. The van der Waals surface area contributed by atoms with Gasteiger partial charge in [-0.25, -0.2) is 9.18 Å². The first-order chi connectivity index (χ1) is 14.8. The molecule has 1 heterocycles. The monoisotopic (exact) mass is 417 g/mol. The maximum Gasteiger partial charge on any atom is 0.337 e. The second-order valence-electron chi connectivity index (χ2n) is 6.83. The average molecular weight is 417 g/mol. The van der Waals surface area contributed by atoms with Gasteiger partial charge < -0.3 is 14.6 Å². The molecule has 0 radical (unpaired) electrons. The third-order valence-corrected chi connectivity index (χ3v) is 4.76. The van der Waals surface area contributed by atoms with E-state index in [1.807, 2.05) is 36.6 Å². The summed E-state index contributed by atoms with van der Waals surface area (Å²) in [6.07, 6.45) is 1.50. The Labute approximate surface area is 179 Å². The van der Waals surface area contributed by atoms with Gasteiger partial charge in [-0.3, -0.25) is 4.79 Å². The maximum absolute atomic E-state index is 13.0. The van der Waals surface area contributed by atoms with Crippen molar-refractivity contribution in [1.82, 2.24) is 4.57 Å².